The zero-order valence-electron chi connectivity index (χ0n) is 8.99. The van der Waals surface area contributed by atoms with Crippen LogP contribution < -0.4 is 9.64 Å². The van der Waals surface area contributed by atoms with E-state index < -0.39 is 6.36 Å². The van der Waals surface area contributed by atoms with Crippen molar-refractivity contribution in [3.63, 3.8) is 0 Å². The molecule has 7 heteroatoms. The molecule has 3 nitrogen and oxygen atoms in total. The van der Waals surface area contributed by atoms with Crippen molar-refractivity contribution in [1.82, 2.24) is 0 Å². The maximum atomic E-state index is 12.0. The molecule has 0 radical (unpaired) electrons. The maximum Gasteiger partial charge on any atom is 0.573 e. The van der Waals surface area contributed by atoms with Crippen molar-refractivity contribution in [2.45, 2.75) is 6.36 Å². The molecular weight excluding hydrogens is 269 g/mol. The number of rotatable bonds is 2. The quantitative estimate of drug-likeness (QED) is 0.772. The topological polar surface area (TPSA) is 24.8 Å². The van der Waals surface area contributed by atoms with Crippen molar-refractivity contribution in [2.75, 3.05) is 11.6 Å². The van der Waals surface area contributed by atoms with E-state index in [0.717, 1.165) is 0 Å². The first-order valence-corrected chi connectivity index (χ1v) is 5.32. The van der Waals surface area contributed by atoms with E-state index in [1.54, 1.807) is 17.2 Å². The fraction of sp³-hybridized carbons (Fsp3) is 0.182. The summed E-state index contributed by atoms with van der Waals surface area (Å²) >= 11 is 5.95. The van der Waals surface area contributed by atoms with E-state index in [9.17, 15) is 13.2 Å². The van der Waals surface area contributed by atoms with Gasteiger partial charge in [-0.25, -0.2) is 0 Å². The number of aliphatic imine (C=N–C) groups is 1. The second-order valence-corrected chi connectivity index (χ2v) is 3.82. The summed E-state index contributed by atoms with van der Waals surface area (Å²) in [6.07, 6.45) is -1.51. The molecule has 1 aromatic carbocycles. The molecule has 18 heavy (non-hydrogen) atoms. The van der Waals surface area contributed by atoms with E-state index >= 15 is 0 Å². The van der Waals surface area contributed by atoms with Crippen LogP contribution in [0.5, 0.6) is 5.75 Å². The number of anilines is 1. The fourth-order valence-corrected chi connectivity index (χ4v) is 1.64. The summed E-state index contributed by atoms with van der Waals surface area (Å²) in [5.41, 5.74) is 0.641. The summed E-state index contributed by atoms with van der Waals surface area (Å²) in [5.74, 6) is -0.271. The Morgan fingerprint density at radius 2 is 1.89 bits per heavy atom. The molecule has 0 saturated carbocycles. The van der Waals surface area contributed by atoms with Crippen LogP contribution in [0.25, 0.3) is 0 Å². The van der Waals surface area contributed by atoms with Crippen molar-refractivity contribution >= 4 is 23.5 Å². The number of hydrogen-bond donors (Lipinski definition) is 0. The third-order valence-corrected chi connectivity index (χ3v) is 2.51. The maximum absolute atomic E-state index is 12.0. The Kier molecular flexibility index (Phi) is 3.47. The summed E-state index contributed by atoms with van der Waals surface area (Å²) < 4.78 is 39.7. The van der Waals surface area contributed by atoms with Gasteiger partial charge in [0.2, 0.25) is 0 Å². The molecular formula is C11H8ClF3N2O. The highest BCUT2D eigenvalue weighted by molar-refractivity contribution is 6.32. The fourth-order valence-electron chi connectivity index (χ4n) is 1.43. The van der Waals surface area contributed by atoms with Crippen LogP contribution >= 0.6 is 11.6 Å². The van der Waals surface area contributed by atoms with Crippen molar-refractivity contribution < 1.29 is 17.9 Å². The lowest BCUT2D eigenvalue weighted by Crippen LogP contribution is -2.22. The average molecular weight is 277 g/mol. The van der Waals surface area contributed by atoms with Crippen LogP contribution in [0.4, 0.5) is 18.9 Å². The molecule has 1 aliphatic heterocycles. The van der Waals surface area contributed by atoms with Gasteiger partial charge in [-0.2, -0.15) is 0 Å². The van der Waals surface area contributed by atoms with Gasteiger partial charge in [0, 0.05) is 11.9 Å². The third-order valence-electron chi connectivity index (χ3n) is 2.18. The number of alkyl halides is 3. The SMILES string of the molecule is FC(F)(F)Oc1ccc(N2CN=CC=C2Cl)cc1. The monoisotopic (exact) mass is 276 g/mol. The number of nitrogens with zero attached hydrogens (tertiary/aromatic N) is 2. The lowest BCUT2D eigenvalue weighted by atomic mass is 10.3. The molecule has 0 saturated heterocycles. The van der Waals surface area contributed by atoms with E-state index in [4.69, 9.17) is 11.6 Å². The minimum absolute atomic E-state index is 0.271. The lowest BCUT2D eigenvalue weighted by molar-refractivity contribution is -0.274. The Bertz CT molecular complexity index is 482. The lowest BCUT2D eigenvalue weighted by Gasteiger charge is -2.23. The smallest absolute Gasteiger partial charge is 0.406 e. The van der Waals surface area contributed by atoms with E-state index in [1.807, 2.05) is 0 Å². The Morgan fingerprint density at radius 1 is 1.22 bits per heavy atom. The van der Waals surface area contributed by atoms with Gasteiger partial charge in [-0.3, -0.25) is 4.99 Å². The van der Waals surface area contributed by atoms with Gasteiger partial charge in [-0.15, -0.1) is 13.2 Å². The molecule has 0 aliphatic carbocycles. The zero-order chi connectivity index (χ0) is 13.2. The van der Waals surface area contributed by atoms with Crippen LogP contribution in [-0.4, -0.2) is 19.2 Å². The highest BCUT2D eigenvalue weighted by Gasteiger charge is 2.31. The third kappa shape index (κ3) is 3.16. The molecule has 0 amide bonds. The zero-order valence-corrected chi connectivity index (χ0v) is 9.74. The highest BCUT2D eigenvalue weighted by Crippen LogP contribution is 2.28. The first kappa shape index (κ1) is 12.8. The van der Waals surface area contributed by atoms with Crippen LogP contribution in [-0.2, 0) is 0 Å². The summed E-state index contributed by atoms with van der Waals surface area (Å²) in [6, 6.07) is 5.42. The second kappa shape index (κ2) is 4.89. The van der Waals surface area contributed by atoms with Crippen LogP contribution in [0.1, 0.15) is 0 Å². The van der Waals surface area contributed by atoms with Gasteiger partial charge >= 0.3 is 6.36 Å². The molecule has 0 atom stereocenters. The summed E-state index contributed by atoms with van der Waals surface area (Å²) in [7, 11) is 0. The molecule has 2 rings (SSSR count). The molecule has 0 bridgehead atoms. The predicted molar refractivity (Wildman–Crippen MR) is 62.9 cm³/mol. The summed E-state index contributed by atoms with van der Waals surface area (Å²) in [6.45, 7) is 0.328. The Morgan fingerprint density at radius 3 is 2.44 bits per heavy atom. The molecule has 1 aromatic rings. The minimum atomic E-state index is -4.69. The minimum Gasteiger partial charge on any atom is -0.406 e. The average Bonchev–Trinajstić information content (AvgIpc) is 2.29. The largest absolute Gasteiger partial charge is 0.573 e. The molecule has 0 unspecified atom stereocenters. The van der Waals surface area contributed by atoms with E-state index in [2.05, 4.69) is 9.73 Å². The Balaban J connectivity index is 2.13. The van der Waals surface area contributed by atoms with Gasteiger partial charge in [-0.05, 0) is 30.3 Å². The van der Waals surface area contributed by atoms with Gasteiger partial charge in [-0.1, -0.05) is 11.6 Å². The molecule has 1 aliphatic rings. The second-order valence-electron chi connectivity index (χ2n) is 3.43. The van der Waals surface area contributed by atoms with Crippen molar-refractivity contribution in [3.05, 3.63) is 35.5 Å². The van der Waals surface area contributed by atoms with Crippen LogP contribution in [0.15, 0.2) is 40.5 Å². The van der Waals surface area contributed by atoms with Gasteiger partial charge in [0.05, 0.1) is 0 Å². The van der Waals surface area contributed by atoms with E-state index in [0.29, 0.717) is 17.5 Å². The molecule has 0 aromatic heterocycles. The summed E-state index contributed by atoms with van der Waals surface area (Å²) in [5, 5.41) is 0.453. The van der Waals surface area contributed by atoms with Crippen molar-refractivity contribution in [3.8, 4) is 5.75 Å². The first-order valence-electron chi connectivity index (χ1n) is 4.95. The Hall–Kier alpha value is -1.69. The number of benzene rings is 1. The van der Waals surface area contributed by atoms with Gasteiger partial charge in [0.25, 0.3) is 0 Å². The number of halogens is 4. The predicted octanol–water partition coefficient (Wildman–Crippen LogP) is 3.51. The number of hydrogen-bond acceptors (Lipinski definition) is 3. The summed E-state index contributed by atoms with van der Waals surface area (Å²) in [4.78, 5) is 5.65. The Labute approximate surface area is 106 Å². The van der Waals surface area contributed by atoms with E-state index in [1.165, 1.54) is 24.3 Å². The number of allylic oxidation sites excluding steroid dienone is 1. The van der Waals surface area contributed by atoms with Crippen molar-refractivity contribution in [2.24, 2.45) is 4.99 Å². The van der Waals surface area contributed by atoms with E-state index in [-0.39, 0.29) is 5.75 Å². The molecule has 1 heterocycles. The number of ether oxygens (including phenoxy) is 1. The van der Waals surface area contributed by atoms with Crippen LogP contribution in [0.3, 0.4) is 0 Å². The van der Waals surface area contributed by atoms with Crippen LogP contribution in [0.2, 0.25) is 0 Å². The normalized spacial score (nSPS) is 15.6. The van der Waals surface area contributed by atoms with Gasteiger partial charge < -0.3 is 9.64 Å². The van der Waals surface area contributed by atoms with Crippen LogP contribution in [0, 0.1) is 0 Å². The first-order chi connectivity index (χ1) is 8.46. The molecule has 0 spiro atoms. The van der Waals surface area contributed by atoms with Gasteiger partial charge in [0.1, 0.15) is 17.6 Å². The van der Waals surface area contributed by atoms with Crippen molar-refractivity contribution in [1.29, 1.82) is 0 Å². The standard InChI is InChI=1S/C11H8ClF3N2O/c12-10-5-6-16-7-17(10)8-1-3-9(4-2-8)18-11(13,14)15/h1-6H,7H2. The highest BCUT2D eigenvalue weighted by atomic mass is 35.5. The molecule has 96 valence electrons. The van der Waals surface area contributed by atoms with Gasteiger partial charge in [0.15, 0.2) is 0 Å². The molecule has 0 fully saturated rings. The molecule has 0 N–H and O–H groups in total.